The first-order chi connectivity index (χ1) is 8.95. The normalized spacial score (nSPS) is 25.3. The third-order valence-electron chi connectivity index (χ3n) is 3.01. The zero-order chi connectivity index (χ0) is 12.5. The van der Waals surface area contributed by atoms with Crippen molar-refractivity contribution in [2.24, 2.45) is 11.8 Å². The second kappa shape index (κ2) is 8.16. The van der Waals surface area contributed by atoms with E-state index in [2.05, 4.69) is 12.2 Å². The van der Waals surface area contributed by atoms with Crippen molar-refractivity contribution in [2.75, 3.05) is 39.6 Å². The van der Waals surface area contributed by atoms with Crippen LogP contribution >= 0.6 is 0 Å². The molecule has 2 unspecified atom stereocenters. The highest BCUT2D eigenvalue weighted by Crippen LogP contribution is 2.09. The Hall–Kier alpha value is -1.00. The van der Waals surface area contributed by atoms with Gasteiger partial charge in [0, 0.05) is 25.0 Å². The van der Waals surface area contributed by atoms with E-state index in [1.807, 2.05) is 0 Å². The fraction of sp³-hybridized carbons (Fsp3) is 0.714. The summed E-state index contributed by atoms with van der Waals surface area (Å²) in [5, 5.41) is 0. The molecule has 0 fully saturated rings. The molecule has 0 aliphatic carbocycles. The minimum absolute atomic E-state index is 0.440. The molecular formula is C14H22O4. The largest absolute Gasteiger partial charge is 0.501 e. The van der Waals surface area contributed by atoms with Gasteiger partial charge in [-0.25, -0.2) is 0 Å². The highest BCUT2D eigenvalue weighted by molar-refractivity contribution is 4.89. The van der Waals surface area contributed by atoms with E-state index in [4.69, 9.17) is 18.9 Å². The monoisotopic (exact) mass is 254 g/mol. The number of hydrogen-bond acceptors (Lipinski definition) is 4. The maximum atomic E-state index is 5.58. The average Bonchev–Trinajstić information content (AvgIpc) is 3.05. The average molecular weight is 254 g/mol. The lowest BCUT2D eigenvalue weighted by atomic mass is 10.2. The summed E-state index contributed by atoms with van der Waals surface area (Å²) in [4.78, 5) is 0. The quantitative estimate of drug-likeness (QED) is 0.591. The summed E-state index contributed by atoms with van der Waals surface area (Å²) in [5.41, 5.74) is 0. The molecule has 2 heterocycles. The minimum atomic E-state index is 0.440. The van der Waals surface area contributed by atoms with E-state index in [9.17, 15) is 0 Å². The van der Waals surface area contributed by atoms with Gasteiger partial charge < -0.3 is 18.9 Å². The molecule has 2 atom stereocenters. The van der Waals surface area contributed by atoms with Crippen molar-refractivity contribution in [1.82, 2.24) is 0 Å². The van der Waals surface area contributed by atoms with Crippen molar-refractivity contribution >= 4 is 0 Å². The molecule has 102 valence electrons. The topological polar surface area (TPSA) is 36.9 Å². The Balaban J connectivity index is 1.33. The van der Waals surface area contributed by atoms with Crippen molar-refractivity contribution in [3.8, 4) is 0 Å². The van der Waals surface area contributed by atoms with Crippen LogP contribution in [0, 0.1) is 11.8 Å². The molecule has 2 aliphatic rings. The molecule has 18 heavy (non-hydrogen) atoms. The fourth-order valence-corrected chi connectivity index (χ4v) is 1.89. The van der Waals surface area contributed by atoms with Crippen LogP contribution in [-0.2, 0) is 18.9 Å². The molecule has 0 aromatic carbocycles. The first-order valence-corrected chi connectivity index (χ1v) is 6.67. The predicted octanol–water partition coefficient (Wildman–Crippen LogP) is 2.12. The molecule has 0 bridgehead atoms. The molecule has 2 rings (SSSR count). The SMILES string of the molecule is C1=CC(COCCCCOCC2C=COC2)CO1. The lowest BCUT2D eigenvalue weighted by Gasteiger charge is -2.09. The standard InChI is InChI=1S/C14H22O4/c1(5-15-9-13-3-7-17-11-13)2-6-16-10-14-4-8-18-12-14/h3-4,7-8,13-14H,1-2,5-6,9-12H2. The van der Waals surface area contributed by atoms with Crippen molar-refractivity contribution < 1.29 is 18.9 Å². The minimum Gasteiger partial charge on any atom is -0.501 e. The molecule has 2 aliphatic heterocycles. The molecule has 0 saturated heterocycles. The smallest absolute Gasteiger partial charge is 0.0959 e. The number of rotatable bonds is 9. The molecule has 4 nitrogen and oxygen atoms in total. The second-order valence-electron chi connectivity index (χ2n) is 4.70. The van der Waals surface area contributed by atoms with Gasteiger partial charge in [-0.1, -0.05) is 0 Å². The Bertz CT molecular complexity index is 247. The Morgan fingerprint density at radius 1 is 0.833 bits per heavy atom. The summed E-state index contributed by atoms with van der Waals surface area (Å²) in [7, 11) is 0. The first-order valence-electron chi connectivity index (χ1n) is 6.67. The first kappa shape index (κ1) is 13.4. The van der Waals surface area contributed by atoms with Gasteiger partial charge in [0.25, 0.3) is 0 Å². The molecule has 0 aromatic rings. The zero-order valence-corrected chi connectivity index (χ0v) is 10.8. The summed E-state index contributed by atoms with van der Waals surface area (Å²) in [6.45, 7) is 4.67. The van der Waals surface area contributed by atoms with Crippen molar-refractivity contribution in [1.29, 1.82) is 0 Å². The van der Waals surface area contributed by atoms with E-state index >= 15 is 0 Å². The molecule has 0 radical (unpaired) electrons. The third kappa shape index (κ3) is 5.10. The van der Waals surface area contributed by atoms with Crippen LogP contribution in [0.1, 0.15) is 12.8 Å². The van der Waals surface area contributed by atoms with Crippen LogP contribution in [0.15, 0.2) is 24.7 Å². The highest BCUT2D eigenvalue weighted by Gasteiger charge is 2.10. The lowest BCUT2D eigenvalue weighted by molar-refractivity contribution is 0.0726. The predicted molar refractivity (Wildman–Crippen MR) is 68.0 cm³/mol. The van der Waals surface area contributed by atoms with Gasteiger partial charge >= 0.3 is 0 Å². The number of unbranched alkanes of at least 4 members (excludes halogenated alkanes) is 1. The van der Waals surface area contributed by atoms with Crippen molar-refractivity contribution in [3.05, 3.63) is 24.7 Å². The van der Waals surface area contributed by atoms with Gasteiger partial charge in [-0.05, 0) is 25.0 Å². The van der Waals surface area contributed by atoms with Crippen LogP contribution in [0.25, 0.3) is 0 Å². The van der Waals surface area contributed by atoms with Gasteiger partial charge in [0.05, 0.1) is 39.0 Å². The van der Waals surface area contributed by atoms with E-state index < -0.39 is 0 Å². The van der Waals surface area contributed by atoms with E-state index in [0.29, 0.717) is 11.8 Å². The summed E-state index contributed by atoms with van der Waals surface area (Å²) >= 11 is 0. The van der Waals surface area contributed by atoms with Crippen LogP contribution in [0.3, 0.4) is 0 Å². The van der Waals surface area contributed by atoms with Gasteiger partial charge in [-0.15, -0.1) is 0 Å². The molecule has 0 N–H and O–H groups in total. The van der Waals surface area contributed by atoms with Crippen LogP contribution in [0.4, 0.5) is 0 Å². The number of hydrogen-bond donors (Lipinski definition) is 0. The Labute approximate surface area is 109 Å². The van der Waals surface area contributed by atoms with Gasteiger partial charge in [0.2, 0.25) is 0 Å². The van der Waals surface area contributed by atoms with Crippen molar-refractivity contribution in [3.63, 3.8) is 0 Å². The van der Waals surface area contributed by atoms with E-state index in [1.54, 1.807) is 12.5 Å². The Kier molecular flexibility index (Phi) is 6.09. The van der Waals surface area contributed by atoms with Crippen molar-refractivity contribution in [2.45, 2.75) is 12.8 Å². The van der Waals surface area contributed by atoms with Gasteiger partial charge in [0.1, 0.15) is 0 Å². The third-order valence-corrected chi connectivity index (χ3v) is 3.01. The van der Waals surface area contributed by atoms with Crippen LogP contribution in [0.2, 0.25) is 0 Å². The maximum absolute atomic E-state index is 5.58. The molecule has 4 heteroatoms. The van der Waals surface area contributed by atoms with Crippen LogP contribution < -0.4 is 0 Å². The Morgan fingerprint density at radius 3 is 1.72 bits per heavy atom. The van der Waals surface area contributed by atoms with Crippen LogP contribution in [-0.4, -0.2) is 39.6 Å². The number of ether oxygens (including phenoxy) is 4. The summed E-state index contributed by atoms with van der Waals surface area (Å²) in [5.74, 6) is 0.880. The summed E-state index contributed by atoms with van der Waals surface area (Å²) < 4.78 is 21.4. The molecular weight excluding hydrogens is 232 g/mol. The highest BCUT2D eigenvalue weighted by atomic mass is 16.5. The lowest BCUT2D eigenvalue weighted by Crippen LogP contribution is -2.11. The van der Waals surface area contributed by atoms with E-state index in [1.165, 1.54) is 0 Å². The molecule has 0 amide bonds. The maximum Gasteiger partial charge on any atom is 0.0959 e. The fourth-order valence-electron chi connectivity index (χ4n) is 1.89. The Morgan fingerprint density at radius 2 is 1.33 bits per heavy atom. The van der Waals surface area contributed by atoms with E-state index in [0.717, 1.165) is 52.5 Å². The summed E-state index contributed by atoms with van der Waals surface area (Å²) in [6.07, 6.45) is 9.72. The molecule has 0 saturated carbocycles. The molecule has 0 spiro atoms. The van der Waals surface area contributed by atoms with E-state index in [-0.39, 0.29) is 0 Å². The zero-order valence-electron chi connectivity index (χ0n) is 10.8. The second-order valence-corrected chi connectivity index (χ2v) is 4.70. The molecule has 0 aromatic heterocycles. The van der Waals surface area contributed by atoms with Gasteiger partial charge in [-0.2, -0.15) is 0 Å². The van der Waals surface area contributed by atoms with Gasteiger partial charge in [-0.3, -0.25) is 0 Å². The van der Waals surface area contributed by atoms with Crippen LogP contribution in [0.5, 0.6) is 0 Å². The summed E-state index contributed by atoms with van der Waals surface area (Å²) in [6, 6.07) is 0. The van der Waals surface area contributed by atoms with Gasteiger partial charge in [0.15, 0.2) is 0 Å².